The first-order valence-electron chi connectivity index (χ1n) is 11.8. The van der Waals surface area contributed by atoms with Crippen LogP contribution in [-0.2, 0) is 17.4 Å². The van der Waals surface area contributed by atoms with Gasteiger partial charge in [-0.05, 0) is 48.4 Å². The summed E-state index contributed by atoms with van der Waals surface area (Å²) < 4.78 is 67.6. The molecule has 40 heavy (non-hydrogen) atoms. The second-order valence-corrected chi connectivity index (χ2v) is 8.76. The van der Waals surface area contributed by atoms with Crippen molar-refractivity contribution in [2.45, 2.75) is 12.6 Å². The fourth-order valence-electron chi connectivity index (χ4n) is 3.75. The lowest BCUT2D eigenvalue weighted by Gasteiger charge is -2.14. The zero-order valence-electron chi connectivity index (χ0n) is 21.3. The normalized spacial score (nSPS) is 11.2. The number of benzene rings is 3. The maximum atomic E-state index is 13.8. The minimum atomic E-state index is -5.05. The Labute approximate surface area is 231 Å². The van der Waals surface area contributed by atoms with Crippen LogP contribution in [0.1, 0.15) is 11.3 Å². The third kappa shape index (κ3) is 6.60. The van der Waals surface area contributed by atoms with E-state index < -0.39 is 41.2 Å². The van der Waals surface area contributed by atoms with Crippen LogP contribution in [0.4, 0.5) is 13.2 Å². The van der Waals surface area contributed by atoms with Crippen molar-refractivity contribution in [3.8, 4) is 28.7 Å². The number of methoxy groups -OCH3 is 2. The third-order valence-corrected chi connectivity index (χ3v) is 5.99. The van der Waals surface area contributed by atoms with Crippen LogP contribution >= 0.6 is 11.6 Å². The second kappa shape index (κ2) is 12.2. The van der Waals surface area contributed by atoms with Crippen LogP contribution in [0.5, 0.6) is 28.7 Å². The van der Waals surface area contributed by atoms with E-state index in [0.29, 0.717) is 24.5 Å². The van der Waals surface area contributed by atoms with Crippen molar-refractivity contribution >= 4 is 28.5 Å². The van der Waals surface area contributed by atoms with Gasteiger partial charge in [-0.2, -0.15) is 13.2 Å². The molecule has 1 aromatic heterocycles. The first-order valence-corrected chi connectivity index (χ1v) is 12.2. The Hall–Kier alpha value is -4.38. The molecule has 4 aromatic rings. The number of amides is 1. The molecule has 0 radical (unpaired) electrons. The molecule has 3 aromatic carbocycles. The molecule has 0 aliphatic rings. The molecule has 0 spiro atoms. The lowest BCUT2D eigenvalue weighted by atomic mass is 10.1. The Balaban J connectivity index is 1.45. The van der Waals surface area contributed by atoms with E-state index in [0.717, 1.165) is 11.6 Å². The van der Waals surface area contributed by atoms with E-state index in [2.05, 4.69) is 5.32 Å². The molecule has 0 aliphatic heterocycles. The number of para-hydroxylation sites is 1. The molecule has 4 rings (SSSR count). The summed E-state index contributed by atoms with van der Waals surface area (Å²) in [4.78, 5) is 25.2. The molecule has 12 heteroatoms. The summed E-state index contributed by atoms with van der Waals surface area (Å²) in [6, 6.07) is 14.8. The summed E-state index contributed by atoms with van der Waals surface area (Å²) in [6.45, 7) is -0.116. The van der Waals surface area contributed by atoms with Gasteiger partial charge in [0.2, 0.25) is 11.2 Å². The van der Waals surface area contributed by atoms with Gasteiger partial charge in [0, 0.05) is 12.6 Å². The number of ether oxygens (including phenoxy) is 4. The largest absolute Gasteiger partial charge is 0.493 e. The van der Waals surface area contributed by atoms with Crippen LogP contribution in [0.15, 0.2) is 69.9 Å². The number of fused-ring (bicyclic) bond motifs is 1. The third-order valence-electron chi connectivity index (χ3n) is 5.68. The molecule has 0 atom stereocenters. The van der Waals surface area contributed by atoms with Gasteiger partial charge in [-0.1, -0.05) is 29.8 Å². The molecular formula is C28H23ClF3NO7. The average Bonchev–Trinajstić information content (AvgIpc) is 2.93. The molecule has 1 amide bonds. The fourth-order valence-corrected chi connectivity index (χ4v) is 3.92. The van der Waals surface area contributed by atoms with Gasteiger partial charge in [0.25, 0.3) is 11.7 Å². The number of nitrogens with one attached hydrogen (secondary N) is 1. The number of halogens is 4. The summed E-state index contributed by atoms with van der Waals surface area (Å²) in [6.07, 6.45) is -4.54. The van der Waals surface area contributed by atoms with E-state index in [1.165, 1.54) is 44.6 Å². The molecule has 1 N–H and O–H groups in total. The van der Waals surface area contributed by atoms with Crippen molar-refractivity contribution in [3.05, 3.63) is 87.2 Å². The maximum Gasteiger partial charge on any atom is 0.453 e. The lowest BCUT2D eigenvalue weighted by Crippen LogP contribution is -2.30. The summed E-state index contributed by atoms with van der Waals surface area (Å²) in [5.74, 6) is -2.10. The average molecular weight is 578 g/mol. The summed E-state index contributed by atoms with van der Waals surface area (Å²) in [5, 5.41) is 2.53. The van der Waals surface area contributed by atoms with E-state index in [4.69, 9.17) is 35.0 Å². The Kier molecular flexibility index (Phi) is 8.73. The van der Waals surface area contributed by atoms with Crippen LogP contribution in [0.2, 0.25) is 5.02 Å². The van der Waals surface area contributed by atoms with E-state index in [-0.39, 0.29) is 21.9 Å². The minimum Gasteiger partial charge on any atom is -0.493 e. The fraction of sp³-hybridized carbons (Fsp3) is 0.214. The Morgan fingerprint density at radius 2 is 1.73 bits per heavy atom. The maximum absolute atomic E-state index is 13.8. The molecular weight excluding hydrogens is 555 g/mol. The molecule has 0 bridgehead atoms. The molecule has 0 fully saturated rings. The Bertz CT molecular complexity index is 1590. The van der Waals surface area contributed by atoms with Gasteiger partial charge in [-0.15, -0.1) is 0 Å². The SMILES string of the molecule is COc1ccc(CCNC(=O)COc2ccc3c(=O)c(Oc4ccccc4Cl)c(C(F)(F)F)oc3c2)cc1OC. The predicted molar refractivity (Wildman–Crippen MR) is 141 cm³/mol. The molecule has 0 saturated heterocycles. The van der Waals surface area contributed by atoms with Crippen molar-refractivity contribution in [1.29, 1.82) is 0 Å². The van der Waals surface area contributed by atoms with Gasteiger partial charge < -0.3 is 28.7 Å². The molecule has 0 aliphatic carbocycles. The number of alkyl halides is 3. The Morgan fingerprint density at radius 1 is 0.975 bits per heavy atom. The van der Waals surface area contributed by atoms with Crippen LogP contribution in [0.3, 0.4) is 0 Å². The summed E-state index contributed by atoms with van der Waals surface area (Å²) >= 11 is 5.98. The standard InChI is InChI=1S/C28H23ClF3NO7/c1-36-21-10-7-16(13-23(21)37-2)11-12-33-24(34)15-38-17-8-9-18-22(14-17)40-27(28(30,31)32)26(25(18)35)39-20-6-4-3-5-19(20)29/h3-10,13-14H,11-12,15H2,1-2H3,(H,33,34). The highest BCUT2D eigenvalue weighted by Crippen LogP contribution is 2.39. The second-order valence-electron chi connectivity index (χ2n) is 8.36. The topological polar surface area (TPSA) is 96.2 Å². The van der Waals surface area contributed by atoms with Gasteiger partial charge in [0.1, 0.15) is 17.1 Å². The first-order chi connectivity index (χ1) is 19.1. The highest BCUT2D eigenvalue weighted by molar-refractivity contribution is 6.32. The van der Waals surface area contributed by atoms with Crippen molar-refractivity contribution in [2.24, 2.45) is 0 Å². The predicted octanol–water partition coefficient (Wildman–Crippen LogP) is 6.01. The van der Waals surface area contributed by atoms with Crippen molar-refractivity contribution in [2.75, 3.05) is 27.4 Å². The van der Waals surface area contributed by atoms with Gasteiger partial charge >= 0.3 is 6.18 Å². The smallest absolute Gasteiger partial charge is 0.453 e. The minimum absolute atomic E-state index is 0.0147. The van der Waals surface area contributed by atoms with E-state index in [9.17, 15) is 22.8 Å². The molecule has 210 valence electrons. The first kappa shape index (κ1) is 28.6. The van der Waals surface area contributed by atoms with Gasteiger partial charge in [-0.25, -0.2) is 0 Å². The monoisotopic (exact) mass is 577 g/mol. The van der Waals surface area contributed by atoms with Crippen LogP contribution in [0, 0.1) is 0 Å². The lowest BCUT2D eigenvalue weighted by molar-refractivity contribution is -0.154. The van der Waals surface area contributed by atoms with Crippen LogP contribution in [-0.4, -0.2) is 33.3 Å². The zero-order chi connectivity index (χ0) is 28.9. The van der Waals surface area contributed by atoms with Gasteiger partial charge in [0.15, 0.2) is 18.1 Å². The van der Waals surface area contributed by atoms with Crippen molar-refractivity contribution in [1.82, 2.24) is 5.32 Å². The van der Waals surface area contributed by atoms with Crippen LogP contribution < -0.4 is 29.7 Å². The molecule has 1 heterocycles. The molecule has 0 saturated carbocycles. The highest BCUT2D eigenvalue weighted by Gasteiger charge is 2.40. The van der Waals surface area contributed by atoms with Crippen molar-refractivity contribution in [3.63, 3.8) is 0 Å². The highest BCUT2D eigenvalue weighted by atomic mass is 35.5. The number of carbonyl (C=O) groups is 1. The molecule has 0 unspecified atom stereocenters. The van der Waals surface area contributed by atoms with Gasteiger partial charge in [-0.3, -0.25) is 9.59 Å². The summed E-state index contributed by atoms with van der Waals surface area (Å²) in [5.41, 5.74) is -0.537. The van der Waals surface area contributed by atoms with Gasteiger partial charge in [0.05, 0.1) is 24.6 Å². The number of hydrogen-bond acceptors (Lipinski definition) is 7. The zero-order valence-corrected chi connectivity index (χ0v) is 22.0. The van der Waals surface area contributed by atoms with E-state index in [1.807, 2.05) is 6.07 Å². The molecule has 8 nitrogen and oxygen atoms in total. The number of hydrogen-bond donors (Lipinski definition) is 1. The number of carbonyl (C=O) groups excluding carboxylic acids is 1. The number of rotatable bonds is 10. The van der Waals surface area contributed by atoms with E-state index in [1.54, 1.807) is 18.2 Å². The quantitative estimate of drug-likeness (QED) is 0.246. The summed E-state index contributed by atoms with van der Waals surface area (Å²) in [7, 11) is 3.06. The van der Waals surface area contributed by atoms with Crippen molar-refractivity contribution < 1.29 is 41.3 Å². The van der Waals surface area contributed by atoms with E-state index >= 15 is 0 Å². The Morgan fingerprint density at radius 3 is 2.42 bits per heavy atom. The van der Waals surface area contributed by atoms with Crippen LogP contribution in [0.25, 0.3) is 11.0 Å².